The molecule has 0 aromatic heterocycles. The highest BCUT2D eigenvalue weighted by Crippen LogP contribution is 2.24. The van der Waals surface area contributed by atoms with Crippen molar-refractivity contribution in [2.75, 3.05) is 17.6 Å². The van der Waals surface area contributed by atoms with E-state index >= 15 is 0 Å². The van der Waals surface area contributed by atoms with E-state index < -0.39 is 0 Å². The molecule has 0 aliphatic rings. The highest BCUT2D eigenvalue weighted by atomic mass is 35.5. The van der Waals surface area contributed by atoms with Crippen molar-refractivity contribution in [1.29, 1.82) is 0 Å². The topological polar surface area (TPSA) is 58.4 Å². The van der Waals surface area contributed by atoms with Gasteiger partial charge in [-0.05, 0) is 37.6 Å². The second-order valence-electron chi connectivity index (χ2n) is 5.77. The summed E-state index contributed by atoms with van der Waals surface area (Å²) in [6.45, 7) is 5.17. The lowest BCUT2D eigenvalue weighted by molar-refractivity contribution is -0.117. The Bertz CT molecular complexity index is 659. The van der Waals surface area contributed by atoms with Crippen molar-refractivity contribution in [2.45, 2.75) is 26.4 Å². The lowest BCUT2D eigenvalue weighted by Crippen LogP contribution is -2.37. The highest BCUT2D eigenvalue weighted by Gasteiger charge is 2.15. The number of carbonyl (C=O) groups excluding carboxylic acids is 1. The Balaban J connectivity index is 2.00. The summed E-state index contributed by atoms with van der Waals surface area (Å²) in [4.78, 5) is 14.4. The van der Waals surface area contributed by atoms with Crippen LogP contribution < -0.4 is 11.1 Å². The molecule has 1 amide bonds. The third kappa shape index (κ3) is 5.27. The number of nitrogens with one attached hydrogen (secondary N) is 1. The Kier molecular flexibility index (Phi) is 6.02. The summed E-state index contributed by atoms with van der Waals surface area (Å²) in [6, 6.07) is 15.4. The smallest absolute Gasteiger partial charge is 0.238 e. The van der Waals surface area contributed by atoms with Gasteiger partial charge < -0.3 is 11.1 Å². The molecule has 0 saturated carbocycles. The van der Waals surface area contributed by atoms with Gasteiger partial charge in [0.05, 0.1) is 17.3 Å². The standard InChI is InChI=1S/C18H22ClN3O/c1-13(2)22(11-14-6-4-3-5-7-14)12-18(23)21-17-9-8-15(20)10-16(17)19/h3-10,13H,11-12,20H2,1-2H3,(H,21,23). The van der Waals surface area contributed by atoms with Crippen LogP contribution in [0.15, 0.2) is 48.5 Å². The average Bonchev–Trinajstić information content (AvgIpc) is 2.50. The lowest BCUT2D eigenvalue weighted by Gasteiger charge is -2.26. The first-order valence-corrected chi connectivity index (χ1v) is 7.96. The number of hydrogen-bond acceptors (Lipinski definition) is 3. The van der Waals surface area contributed by atoms with E-state index in [1.54, 1.807) is 18.2 Å². The Labute approximate surface area is 142 Å². The summed E-state index contributed by atoms with van der Waals surface area (Å²) in [7, 11) is 0. The van der Waals surface area contributed by atoms with Crippen LogP contribution in [0, 0.1) is 0 Å². The predicted octanol–water partition coefficient (Wildman–Crippen LogP) is 3.77. The second-order valence-corrected chi connectivity index (χ2v) is 6.18. The molecule has 0 heterocycles. The minimum Gasteiger partial charge on any atom is -0.399 e. The quantitative estimate of drug-likeness (QED) is 0.792. The van der Waals surface area contributed by atoms with E-state index in [2.05, 4.69) is 36.2 Å². The number of anilines is 2. The molecular weight excluding hydrogens is 310 g/mol. The number of rotatable bonds is 6. The van der Waals surface area contributed by atoms with E-state index in [0.29, 0.717) is 22.9 Å². The molecule has 0 fully saturated rings. The molecule has 0 atom stereocenters. The third-order valence-electron chi connectivity index (χ3n) is 3.57. The minimum absolute atomic E-state index is 0.0960. The molecule has 0 bridgehead atoms. The average molecular weight is 332 g/mol. The SMILES string of the molecule is CC(C)N(CC(=O)Nc1ccc(N)cc1Cl)Cc1ccccc1. The van der Waals surface area contributed by atoms with E-state index in [1.165, 1.54) is 5.56 Å². The zero-order chi connectivity index (χ0) is 16.8. The first kappa shape index (κ1) is 17.3. The fourth-order valence-corrected chi connectivity index (χ4v) is 2.48. The van der Waals surface area contributed by atoms with Gasteiger partial charge in [0.25, 0.3) is 0 Å². The van der Waals surface area contributed by atoms with Crippen molar-refractivity contribution in [3.05, 3.63) is 59.1 Å². The van der Waals surface area contributed by atoms with E-state index in [9.17, 15) is 4.79 Å². The number of hydrogen-bond donors (Lipinski definition) is 2. The molecule has 4 nitrogen and oxygen atoms in total. The third-order valence-corrected chi connectivity index (χ3v) is 3.89. The molecule has 0 aliphatic heterocycles. The molecule has 2 rings (SSSR count). The number of nitrogens with two attached hydrogens (primary N) is 1. The maximum Gasteiger partial charge on any atom is 0.238 e. The lowest BCUT2D eigenvalue weighted by atomic mass is 10.2. The second kappa shape index (κ2) is 7.99. The molecule has 0 spiro atoms. The van der Waals surface area contributed by atoms with Gasteiger partial charge >= 0.3 is 0 Å². The van der Waals surface area contributed by atoms with Gasteiger partial charge in [0.2, 0.25) is 5.91 Å². The van der Waals surface area contributed by atoms with E-state index in [0.717, 1.165) is 6.54 Å². The van der Waals surface area contributed by atoms with Gasteiger partial charge in [-0.2, -0.15) is 0 Å². The maximum atomic E-state index is 12.3. The van der Waals surface area contributed by atoms with Gasteiger partial charge in [0.15, 0.2) is 0 Å². The van der Waals surface area contributed by atoms with Crippen molar-refractivity contribution in [3.63, 3.8) is 0 Å². The first-order valence-electron chi connectivity index (χ1n) is 7.58. The Hall–Kier alpha value is -2.04. The molecule has 122 valence electrons. The predicted molar refractivity (Wildman–Crippen MR) is 96.5 cm³/mol. The van der Waals surface area contributed by atoms with Crippen LogP contribution in [0.3, 0.4) is 0 Å². The van der Waals surface area contributed by atoms with Crippen LogP contribution in [0.5, 0.6) is 0 Å². The molecule has 5 heteroatoms. The van der Waals surface area contributed by atoms with E-state index in [1.807, 2.05) is 18.2 Å². The van der Waals surface area contributed by atoms with Gasteiger partial charge in [0.1, 0.15) is 0 Å². The van der Waals surface area contributed by atoms with Crippen LogP contribution in [0.1, 0.15) is 19.4 Å². The summed E-state index contributed by atoms with van der Waals surface area (Å²) in [5, 5.41) is 3.28. The summed E-state index contributed by atoms with van der Waals surface area (Å²) >= 11 is 6.09. The van der Waals surface area contributed by atoms with Gasteiger partial charge in [-0.1, -0.05) is 41.9 Å². The van der Waals surface area contributed by atoms with Crippen molar-refractivity contribution in [1.82, 2.24) is 4.90 Å². The van der Waals surface area contributed by atoms with Crippen LogP contribution in [0.25, 0.3) is 0 Å². The molecular formula is C18H22ClN3O. The zero-order valence-corrected chi connectivity index (χ0v) is 14.2. The molecule has 0 aliphatic carbocycles. The minimum atomic E-state index is -0.0960. The summed E-state index contributed by atoms with van der Waals surface area (Å²) in [5.41, 5.74) is 7.99. The fraction of sp³-hybridized carbons (Fsp3) is 0.278. The van der Waals surface area contributed by atoms with Crippen LogP contribution in [-0.4, -0.2) is 23.4 Å². The van der Waals surface area contributed by atoms with Gasteiger partial charge in [-0.25, -0.2) is 0 Å². The number of nitrogen functional groups attached to an aromatic ring is 1. The fourth-order valence-electron chi connectivity index (χ4n) is 2.25. The van der Waals surface area contributed by atoms with E-state index in [4.69, 9.17) is 17.3 Å². The molecule has 0 radical (unpaired) electrons. The Morgan fingerprint density at radius 1 is 1.22 bits per heavy atom. The van der Waals surface area contributed by atoms with Crippen LogP contribution in [0.2, 0.25) is 5.02 Å². The summed E-state index contributed by atoms with van der Waals surface area (Å²) in [6.07, 6.45) is 0. The Morgan fingerprint density at radius 2 is 1.91 bits per heavy atom. The van der Waals surface area contributed by atoms with Crippen molar-refractivity contribution in [3.8, 4) is 0 Å². The summed E-state index contributed by atoms with van der Waals surface area (Å²) < 4.78 is 0. The maximum absolute atomic E-state index is 12.3. The molecule has 0 unspecified atom stereocenters. The molecule has 2 aromatic carbocycles. The Morgan fingerprint density at radius 3 is 2.52 bits per heavy atom. The van der Waals surface area contributed by atoms with Crippen LogP contribution in [-0.2, 0) is 11.3 Å². The van der Waals surface area contributed by atoms with Crippen molar-refractivity contribution in [2.24, 2.45) is 0 Å². The summed E-state index contributed by atoms with van der Waals surface area (Å²) in [5.74, 6) is -0.0960. The molecule has 3 N–H and O–H groups in total. The first-order chi connectivity index (χ1) is 11.0. The van der Waals surface area contributed by atoms with Gasteiger partial charge in [-0.15, -0.1) is 0 Å². The van der Waals surface area contributed by atoms with Crippen molar-refractivity contribution >= 4 is 28.9 Å². The van der Waals surface area contributed by atoms with Crippen LogP contribution >= 0.6 is 11.6 Å². The number of nitrogens with zero attached hydrogens (tertiary/aromatic N) is 1. The number of benzene rings is 2. The molecule has 0 saturated heterocycles. The van der Waals surface area contributed by atoms with Gasteiger partial charge in [-0.3, -0.25) is 9.69 Å². The highest BCUT2D eigenvalue weighted by molar-refractivity contribution is 6.34. The normalized spacial score (nSPS) is 11.0. The number of halogens is 1. The zero-order valence-electron chi connectivity index (χ0n) is 13.4. The van der Waals surface area contributed by atoms with Crippen molar-refractivity contribution < 1.29 is 4.79 Å². The van der Waals surface area contributed by atoms with E-state index in [-0.39, 0.29) is 11.9 Å². The van der Waals surface area contributed by atoms with Crippen LogP contribution in [0.4, 0.5) is 11.4 Å². The monoisotopic (exact) mass is 331 g/mol. The number of amides is 1. The molecule has 2 aromatic rings. The largest absolute Gasteiger partial charge is 0.399 e. The van der Waals surface area contributed by atoms with Gasteiger partial charge in [0, 0.05) is 18.3 Å². The number of carbonyl (C=O) groups is 1. The molecule has 23 heavy (non-hydrogen) atoms.